The van der Waals surface area contributed by atoms with Crippen molar-refractivity contribution in [1.29, 1.82) is 0 Å². The molecule has 0 bridgehead atoms. The van der Waals surface area contributed by atoms with Gasteiger partial charge >= 0.3 is 5.97 Å². The normalized spacial score (nSPS) is 26.7. The summed E-state index contributed by atoms with van der Waals surface area (Å²) in [6.45, 7) is 5.55. The van der Waals surface area contributed by atoms with Crippen LogP contribution in [0.3, 0.4) is 0 Å². The van der Waals surface area contributed by atoms with Gasteiger partial charge in [-0.15, -0.1) is 0 Å². The van der Waals surface area contributed by atoms with Crippen molar-refractivity contribution >= 4 is 5.97 Å². The zero-order valence-corrected chi connectivity index (χ0v) is 16.7. The summed E-state index contributed by atoms with van der Waals surface area (Å²) in [6, 6.07) is 21.0. The molecule has 0 unspecified atom stereocenters. The van der Waals surface area contributed by atoms with E-state index >= 15 is 0 Å². The van der Waals surface area contributed by atoms with Gasteiger partial charge < -0.3 is 10.0 Å². The van der Waals surface area contributed by atoms with Gasteiger partial charge in [-0.3, -0.25) is 0 Å². The number of hydrogen-bond acceptors (Lipinski definition) is 2. The molecular formula is C25H29NO2. The fourth-order valence-corrected chi connectivity index (χ4v) is 5.16. The Morgan fingerprint density at radius 2 is 1.61 bits per heavy atom. The summed E-state index contributed by atoms with van der Waals surface area (Å²) < 4.78 is 0. The monoisotopic (exact) mass is 375 g/mol. The molecule has 0 spiro atoms. The van der Waals surface area contributed by atoms with Gasteiger partial charge in [0.2, 0.25) is 0 Å². The van der Waals surface area contributed by atoms with E-state index in [4.69, 9.17) is 0 Å². The molecule has 28 heavy (non-hydrogen) atoms. The molecule has 1 N–H and O–H groups in total. The zero-order chi connectivity index (χ0) is 19.7. The zero-order valence-electron chi connectivity index (χ0n) is 16.7. The predicted octanol–water partition coefficient (Wildman–Crippen LogP) is 5.42. The second kappa shape index (κ2) is 7.46. The van der Waals surface area contributed by atoms with Gasteiger partial charge in [0, 0.05) is 18.2 Å². The third-order valence-electron chi connectivity index (χ3n) is 6.74. The van der Waals surface area contributed by atoms with Crippen LogP contribution in [0, 0.1) is 5.41 Å². The third kappa shape index (κ3) is 3.34. The van der Waals surface area contributed by atoms with Crippen LogP contribution in [-0.2, 0) is 4.79 Å². The second-order valence-corrected chi connectivity index (χ2v) is 8.72. The Morgan fingerprint density at radius 1 is 1.00 bits per heavy atom. The summed E-state index contributed by atoms with van der Waals surface area (Å²) in [6.07, 6.45) is 4.94. The first-order valence-electron chi connectivity index (χ1n) is 10.3. The molecule has 2 aromatic rings. The Labute approximate surface area is 167 Å². The molecule has 2 aromatic carbocycles. The van der Waals surface area contributed by atoms with E-state index in [1.54, 1.807) is 0 Å². The summed E-state index contributed by atoms with van der Waals surface area (Å²) in [5, 5.41) is 9.71. The molecule has 1 fully saturated rings. The quantitative estimate of drug-likeness (QED) is 0.776. The smallest absolute Gasteiger partial charge is 0.326 e. The SMILES string of the molecule is CC1(C)[C@@H](c2ccccc2)CC(N2CCC[C@H]2C(=O)O)=C[C@H]1c1ccccc1. The van der Waals surface area contributed by atoms with Crippen LogP contribution < -0.4 is 0 Å². The second-order valence-electron chi connectivity index (χ2n) is 8.72. The van der Waals surface area contributed by atoms with E-state index in [1.165, 1.54) is 16.8 Å². The van der Waals surface area contributed by atoms with Gasteiger partial charge in [-0.05, 0) is 41.7 Å². The Balaban J connectivity index is 1.80. The number of aliphatic carboxylic acids is 1. The number of carbonyl (C=O) groups is 1. The molecule has 0 amide bonds. The largest absolute Gasteiger partial charge is 0.480 e. The summed E-state index contributed by atoms with van der Waals surface area (Å²) in [4.78, 5) is 14.0. The summed E-state index contributed by atoms with van der Waals surface area (Å²) in [5.41, 5.74) is 3.87. The maximum atomic E-state index is 11.8. The lowest BCUT2D eigenvalue weighted by atomic mass is 9.60. The highest BCUT2D eigenvalue weighted by atomic mass is 16.4. The lowest BCUT2D eigenvalue weighted by Crippen LogP contribution is -2.40. The number of rotatable bonds is 4. The molecule has 4 rings (SSSR count). The average molecular weight is 376 g/mol. The first-order chi connectivity index (χ1) is 13.5. The first-order valence-corrected chi connectivity index (χ1v) is 10.3. The maximum Gasteiger partial charge on any atom is 0.326 e. The highest BCUT2D eigenvalue weighted by Crippen LogP contribution is 2.54. The number of benzene rings is 2. The van der Waals surface area contributed by atoms with E-state index in [2.05, 4.69) is 85.5 Å². The molecule has 146 valence electrons. The molecule has 1 heterocycles. The summed E-state index contributed by atoms with van der Waals surface area (Å²) >= 11 is 0. The van der Waals surface area contributed by atoms with Crippen molar-refractivity contribution in [3.05, 3.63) is 83.6 Å². The minimum absolute atomic E-state index is 0.0324. The van der Waals surface area contributed by atoms with Gasteiger partial charge in [0.25, 0.3) is 0 Å². The van der Waals surface area contributed by atoms with Gasteiger partial charge in [-0.25, -0.2) is 4.79 Å². The van der Waals surface area contributed by atoms with Crippen LogP contribution in [-0.4, -0.2) is 28.6 Å². The van der Waals surface area contributed by atoms with Gasteiger partial charge in [0.05, 0.1) is 0 Å². The molecule has 2 aliphatic rings. The number of likely N-dealkylation sites (tertiary alicyclic amines) is 1. The lowest BCUT2D eigenvalue weighted by molar-refractivity contribution is -0.141. The molecule has 0 saturated carbocycles. The Kier molecular flexibility index (Phi) is 5.01. The summed E-state index contributed by atoms with van der Waals surface area (Å²) in [5.74, 6) is -0.109. The molecule has 1 aliphatic heterocycles. The lowest BCUT2D eigenvalue weighted by Gasteiger charge is -2.47. The molecule has 3 atom stereocenters. The molecule has 1 saturated heterocycles. The van der Waals surface area contributed by atoms with Crippen molar-refractivity contribution < 1.29 is 9.90 Å². The van der Waals surface area contributed by atoms with E-state index in [0.29, 0.717) is 5.92 Å². The Bertz CT molecular complexity index is 857. The number of hydrogen-bond donors (Lipinski definition) is 1. The number of nitrogens with zero attached hydrogens (tertiary/aromatic N) is 1. The first kappa shape index (κ1) is 18.8. The Hall–Kier alpha value is -2.55. The fourth-order valence-electron chi connectivity index (χ4n) is 5.16. The van der Waals surface area contributed by atoms with Crippen molar-refractivity contribution in [2.45, 2.75) is 51.0 Å². The topological polar surface area (TPSA) is 40.5 Å². The molecule has 0 aromatic heterocycles. The minimum Gasteiger partial charge on any atom is -0.480 e. The highest BCUT2D eigenvalue weighted by molar-refractivity contribution is 5.74. The third-order valence-corrected chi connectivity index (χ3v) is 6.74. The van der Waals surface area contributed by atoms with Crippen molar-refractivity contribution in [2.24, 2.45) is 5.41 Å². The molecular weight excluding hydrogens is 346 g/mol. The van der Waals surface area contributed by atoms with Crippen molar-refractivity contribution in [2.75, 3.05) is 6.54 Å². The van der Waals surface area contributed by atoms with Crippen LogP contribution in [0.4, 0.5) is 0 Å². The minimum atomic E-state index is -0.698. The van der Waals surface area contributed by atoms with E-state index < -0.39 is 5.97 Å². The van der Waals surface area contributed by atoms with E-state index in [0.717, 1.165) is 25.8 Å². The standard InChI is InChI=1S/C25H29NO2/c1-25(2)21(18-10-5-3-6-11-18)16-20(26-15-9-14-23(26)24(27)28)17-22(25)19-12-7-4-8-13-19/h3-8,10-13,16,21-23H,9,14-15,17H2,1-2H3,(H,27,28)/t21-,22+,23-/m0/s1. The van der Waals surface area contributed by atoms with E-state index in [9.17, 15) is 9.90 Å². The van der Waals surface area contributed by atoms with Crippen LogP contribution in [0.15, 0.2) is 72.4 Å². The van der Waals surface area contributed by atoms with Gasteiger partial charge in [0.1, 0.15) is 6.04 Å². The van der Waals surface area contributed by atoms with Crippen molar-refractivity contribution in [3.8, 4) is 0 Å². The molecule has 1 aliphatic carbocycles. The van der Waals surface area contributed by atoms with E-state index in [1.807, 2.05) is 0 Å². The number of carboxylic acids is 1. The van der Waals surface area contributed by atoms with Gasteiger partial charge in [-0.2, -0.15) is 0 Å². The van der Waals surface area contributed by atoms with Crippen molar-refractivity contribution in [1.82, 2.24) is 4.90 Å². The van der Waals surface area contributed by atoms with Crippen molar-refractivity contribution in [3.63, 3.8) is 0 Å². The average Bonchev–Trinajstić information content (AvgIpc) is 3.19. The fraction of sp³-hybridized carbons (Fsp3) is 0.400. The molecule has 3 heteroatoms. The van der Waals surface area contributed by atoms with Crippen LogP contribution >= 0.6 is 0 Å². The van der Waals surface area contributed by atoms with E-state index in [-0.39, 0.29) is 17.4 Å². The number of carboxylic acid groups (broad SMARTS) is 1. The van der Waals surface area contributed by atoms with Crippen LogP contribution in [0.1, 0.15) is 56.1 Å². The van der Waals surface area contributed by atoms with Gasteiger partial charge in [-0.1, -0.05) is 80.6 Å². The summed E-state index contributed by atoms with van der Waals surface area (Å²) in [7, 11) is 0. The number of allylic oxidation sites excluding steroid dienone is 2. The molecule has 0 radical (unpaired) electrons. The maximum absolute atomic E-state index is 11.8. The van der Waals surface area contributed by atoms with Crippen LogP contribution in [0.25, 0.3) is 0 Å². The van der Waals surface area contributed by atoms with Crippen LogP contribution in [0.2, 0.25) is 0 Å². The molecule has 3 nitrogen and oxygen atoms in total. The Morgan fingerprint density at radius 3 is 2.21 bits per heavy atom. The predicted molar refractivity (Wildman–Crippen MR) is 112 cm³/mol. The van der Waals surface area contributed by atoms with Gasteiger partial charge in [0.15, 0.2) is 0 Å². The highest BCUT2D eigenvalue weighted by Gasteiger charge is 2.44. The van der Waals surface area contributed by atoms with Crippen LogP contribution in [0.5, 0.6) is 0 Å².